The minimum atomic E-state index is -0.367. The lowest BCUT2D eigenvalue weighted by atomic mass is 10.2. The summed E-state index contributed by atoms with van der Waals surface area (Å²) in [6.07, 6.45) is 0. The van der Waals surface area contributed by atoms with Crippen LogP contribution in [0.15, 0.2) is 58.3 Å². The van der Waals surface area contributed by atoms with Crippen LogP contribution in [0.25, 0.3) is 0 Å². The molecule has 0 saturated carbocycles. The maximum absolute atomic E-state index is 13.0. The highest BCUT2D eigenvalue weighted by molar-refractivity contribution is 7.99. The highest BCUT2D eigenvalue weighted by atomic mass is 32.2. The summed E-state index contributed by atoms with van der Waals surface area (Å²) >= 11 is 1.55. The van der Waals surface area contributed by atoms with Gasteiger partial charge in [0.05, 0.1) is 16.3 Å². The van der Waals surface area contributed by atoms with Crippen LogP contribution in [0.1, 0.15) is 21.7 Å². The number of para-hydroxylation sites is 1. The van der Waals surface area contributed by atoms with Gasteiger partial charge in [0.2, 0.25) is 0 Å². The molecule has 1 aromatic heterocycles. The van der Waals surface area contributed by atoms with Crippen LogP contribution in [-0.2, 0) is 0 Å². The molecule has 1 amide bonds. The van der Waals surface area contributed by atoms with Gasteiger partial charge in [-0.2, -0.15) is 5.10 Å². The summed E-state index contributed by atoms with van der Waals surface area (Å²) in [5, 5.41) is 10.0. The maximum Gasteiger partial charge on any atom is 0.255 e. The first-order valence-electron chi connectivity index (χ1n) is 7.40. The van der Waals surface area contributed by atoms with Crippen molar-refractivity contribution in [3.63, 3.8) is 0 Å². The molecule has 2 aromatic carbocycles. The average molecular weight is 341 g/mol. The molecule has 0 atom stereocenters. The Balaban J connectivity index is 1.84. The largest absolute Gasteiger partial charge is 0.321 e. The highest BCUT2D eigenvalue weighted by Gasteiger charge is 2.13. The monoisotopic (exact) mass is 341 g/mol. The zero-order chi connectivity index (χ0) is 17.1. The van der Waals surface area contributed by atoms with E-state index in [1.807, 2.05) is 38.1 Å². The summed E-state index contributed by atoms with van der Waals surface area (Å²) in [6.45, 7) is 3.90. The molecule has 0 fully saturated rings. The van der Waals surface area contributed by atoms with Crippen molar-refractivity contribution in [3.05, 3.63) is 71.3 Å². The summed E-state index contributed by atoms with van der Waals surface area (Å²) in [7, 11) is 0. The number of anilines is 1. The van der Waals surface area contributed by atoms with Crippen molar-refractivity contribution in [3.8, 4) is 0 Å². The minimum Gasteiger partial charge on any atom is -0.321 e. The van der Waals surface area contributed by atoms with Gasteiger partial charge in [-0.1, -0.05) is 23.9 Å². The number of benzene rings is 2. The molecule has 3 rings (SSSR count). The molecule has 0 unspecified atom stereocenters. The van der Waals surface area contributed by atoms with E-state index in [4.69, 9.17) is 0 Å². The molecule has 3 aromatic rings. The van der Waals surface area contributed by atoms with Gasteiger partial charge in [-0.3, -0.25) is 9.89 Å². The molecule has 0 radical (unpaired) electrons. The Morgan fingerprint density at radius 2 is 1.83 bits per heavy atom. The number of amides is 1. The smallest absolute Gasteiger partial charge is 0.255 e. The molecule has 1 heterocycles. The fourth-order valence-corrected chi connectivity index (χ4v) is 3.24. The number of hydrogen-bond donors (Lipinski definition) is 2. The van der Waals surface area contributed by atoms with Gasteiger partial charge in [-0.15, -0.1) is 0 Å². The third-order valence-corrected chi connectivity index (χ3v) is 4.90. The molecule has 2 N–H and O–H groups in total. The summed E-state index contributed by atoms with van der Waals surface area (Å²) < 4.78 is 13.0. The van der Waals surface area contributed by atoms with E-state index < -0.39 is 0 Å². The molecule has 0 aliphatic rings. The van der Waals surface area contributed by atoms with Gasteiger partial charge in [0.15, 0.2) is 0 Å². The Kier molecular flexibility index (Phi) is 4.66. The van der Waals surface area contributed by atoms with Gasteiger partial charge in [-0.05, 0) is 50.2 Å². The van der Waals surface area contributed by atoms with Crippen molar-refractivity contribution in [2.24, 2.45) is 0 Å². The van der Waals surface area contributed by atoms with Crippen LogP contribution in [0, 0.1) is 19.7 Å². The number of halogens is 1. The summed E-state index contributed by atoms with van der Waals surface area (Å²) in [5.74, 6) is -0.642. The van der Waals surface area contributed by atoms with Crippen LogP contribution in [0.3, 0.4) is 0 Å². The third-order valence-electron chi connectivity index (χ3n) is 3.51. The van der Waals surface area contributed by atoms with Crippen LogP contribution in [0.4, 0.5) is 10.1 Å². The van der Waals surface area contributed by atoms with E-state index in [0.717, 1.165) is 21.2 Å². The van der Waals surface area contributed by atoms with Crippen molar-refractivity contribution < 1.29 is 9.18 Å². The van der Waals surface area contributed by atoms with Crippen LogP contribution >= 0.6 is 11.8 Å². The van der Waals surface area contributed by atoms with Crippen LogP contribution in [0.2, 0.25) is 0 Å². The normalized spacial score (nSPS) is 10.6. The molecule has 6 heteroatoms. The quantitative estimate of drug-likeness (QED) is 0.731. The maximum atomic E-state index is 13.0. The first-order valence-corrected chi connectivity index (χ1v) is 8.21. The number of aromatic amines is 1. The Bertz CT molecular complexity index is 855. The fourth-order valence-electron chi connectivity index (χ4n) is 2.26. The second-order valence-corrected chi connectivity index (χ2v) is 6.37. The standard InChI is InChI=1S/C18H16FN3OS/c1-11-17(12(2)22-21-11)24-16-6-4-3-5-15(16)20-18(23)13-7-9-14(19)10-8-13/h3-10H,1-2H3,(H,20,23)(H,21,22). The molecular weight excluding hydrogens is 325 g/mol. The van der Waals surface area contributed by atoms with Crippen molar-refractivity contribution in [1.82, 2.24) is 10.2 Å². The van der Waals surface area contributed by atoms with E-state index in [1.54, 1.807) is 11.8 Å². The molecule has 0 aliphatic carbocycles. The summed E-state index contributed by atoms with van der Waals surface area (Å²) in [5.41, 5.74) is 3.01. The molecule has 0 spiro atoms. The van der Waals surface area contributed by atoms with Crippen molar-refractivity contribution >= 4 is 23.4 Å². The van der Waals surface area contributed by atoms with E-state index in [2.05, 4.69) is 15.5 Å². The van der Waals surface area contributed by atoms with Gasteiger partial charge in [-0.25, -0.2) is 4.39 Å². The molecular formula is C18H16FN3OS. The van der Waals surface area contributed by atoms with Crippen molar-refractivity contribution in [2.45, 2.75) is 23.6 Å². The number of nitrogens with zero attached hydrogens (tertiary/aromatic N) is 1. The first kappa shape index (κ1) is 16.3. The van der Waals surface area contributed by atoms with E-state index in [-0.39, 0.29) is 11.7 Å². The number of hydrogen-bond acceptors (Lipinski definition) is 3. The molecule has 122 valence electrons. The predicted octanol–water partition coefficient (Wildman–Crippen LogP) is 4.57. The molecule has 24 heavy (non-hydrogen) atoms. The highest BCUT2D eigenvalue weighted by Crippen LogP contribution is 2.36. The zero-order valence-electron chi connectivity index (χ0n) is 13.3. The van der Waals surface area contributed by atoms with Gasteiger partial charge in [0.25, 0.3) is 5.91 Å². The van der Waals surface area contributed by atoms with E-state index in [1.165, 1.54) is 24.3 Å². The lowest BCUT2D eigenvalue weighted by Gasteiger charge is -2.11. The van der Waals surface area contributed by atoms with Gasteiger partial charge in [0.1, 0.15) is 5.82 Å². The minimum absolute atomic E-state index is 0.274. The number of nitrogens with one attached hydrogen (secondary N) is 2. The van der Waals surface area contributed by atoms with Crippen molar-refractivity contribution in [2.75, 3.05) is 5.32 Å². The number of H-pyrrole nitrogens is 1. The summed E-state index contributed by atoms with van der Waals surface area (Å²) in [6, 6.07) is 13.0. The first-order chi connectivity index (χ1) is 11.5. The molecule has 0 bridgehead atoms. The van der Waals surface area contributed by atoms with E-state index >= 15 is 0 Å². The lowest BCUT2D eigenvalue weighted by molar-refractivity contribution is 0.102. The number of carbonyl (C=O) groups is 1. The zero-order valence-corrected chi connectivity index (χ0v) is 14.1. The van der Waals surface area contributed by atoms with E-state index in [9.17, 15) is 9.18 Å². The Morgan fingerprint density at radius 1 is 1.12 bits per heavy atom. The fraction of sp³-hybridized carbons (Fsp3) is 0.111. The summed E-state index contributed by atoms with van der Waals surface area (Å²) in [4.78, 5) is 14.3. The van der Waals surface area contributed by atoms with Crippen LogP contribution in [-0.4, -0.2) is 16.1 Å². The number of carbonyl (C=O) groups excluding carboxylic acids is 1. The average Bonchev–Trinajstić information content (AvgIpc) is 2.89. The predicted molar refractivity (Wildman–Crippen MR) is 93.0 cm³/mol. The Morgan fingerprint density at radius 3 is 2.50 bits per heavy atom. The molecule has 0 saturated heterocycles. The third kappa shape index (κ3) is 3.49. The van der Waals surface area contributed by atoms with Crippen molar-refractivity contribution in [1.29, 1.82) is 0 Å². The molecule has 0 aliphatic heterocycles. The van der Waals surface area contributed by atoms with Crippen LogP contribution in [0.5, 0.6) is 0 Å². The second-order valence-electron chi connectivity index (χ2n) is 5.32. The van der Waals surface area contributed by atoms with Crippen LogP contribution < -0.4 is 5.32 Å². The van der Waals surface area contributed by atoms with Gasteiger partial charge >= 0.3 is 0 Å². The number of rotatable bonds is 4. The lowest BCUT2D eigenvalue weighted by Crippen LogP contribution is -2.12. The number of aromatic nitrogens is 2. The molecule has 4 nitrogen and oxygen atoms in total. The van der Waals surface area contributed by atoms with Gasteiger partial charge in [0, 0.05) is 16.2 Å². The number of aryl methyl sites for hydroxylation is 2. The topological polar surface area (TPSA) is 57.8 Å². The second kappa shape index (κ2) is 6.88. The Labute approximate surface area is 143 Å². The SMILES string of the molecule is Cc1n[nH]c(C)c1Sc1ccccc1NC(=O)c1ccc(F)cc1. The van der Waals surface area contributed by atoms with Gasteiger partial charge < -0.3 is 5.32 Å². The Hall–Kier alpha value is -2.60. The van der Waals surface area contributed by atoms with E-state index in [0.29, 0.717) is 11.3 Å².